The Morgan fingerprint density at radius 3 is 2.65 bits per heavy atom. The lowest BCUT2D eigenvalue weighted by Gasteiger charge is -2.36. The molecule has 0 amide bonds. The van der Waals surface area contributed by atoms with Gasteiger partial charge in [0, 0.05) is 18.2 Å². The Kier molecular flexibility index (Phi) is 8.13. The number of carbonyl (C=O) groups excluding carboxylic acids is 1. The molecule has 0 aliphatic heterocycles. The van der Waals surface area contributed by atoms with Crippen LogP contribution in [0.25, 0.3) is 0 Å². The zero-order valence-electron chi connectivity index (χ0n) is 18.8. The number of aliphatic hydroxyl groups excluding tert-OH is 1. The summed E-state index contributed by atoms with van der Waals surface area (Å²) in [7, 11) is 0. The SMILES string of the molecule is CCCCOc1cn(CC2(C(O)C3=CCCC=C3)CCCC2)cc(C(=O)OCC)c1=O. The first kappa shape index (κ1) is 23.3. The van der Waals surface area contributed by atoms with Crippen molar-refractivity contribution in [2.75, 3.05) is 13.2 Å². The van der Waals surface area contributed by atoms with Crippen LogP contribution in [-0.2, 0) is 11.3 Å². The molecule has 2 aliphatic carbocycles. The largest absolute Gasteiger partial charge is 0.488 e. The Morgan fingerprint density at radius 1 is 1.23 bits per heavy atom. The third-order valence-corrected chi connectivity index (χ3v) is 6.31. The molecule has 2 aliphatic rings. The fourth-order valence-corrected chi connectivity index (χ4v) is 4.63. The number of ether oxygens (including phenoxy) is 2. The van der Waals surface area contributed by atoms with E-state index in [1.165, 1.54) is 0 Å². The molecule has 0 aromatic carbocycles. The lowest BCUT2D eigenvalue weighted by atomic mass is 9.76. The normalized spacial score (nSPS) is 18.5. The van der Waals surface area contributed by atoms with Crippen LogP contribution in [0.15, 0.2) is 41.0 Å². The highest BCUT2D eigenvalue weighted by molar-refractivity contribution is 5.89. The molecule has 0 spiro atoms. The molecule has 1 fully saturated rings. The van der Waals surface area contributed by atoms with E-state index >= 15 is 0 Å². The predicted octanol–water partition coefficient (Wildman–Crippen LogP) is 4.40. The molecule has 1 aromatic rings. The number of aromatic nitrogens is 1. The Hall–Kier alpha value is -2.34. The fraction of sp³-hybridized carbons (Fsp3) is 0.600. The summed E-state index contributed by atoms with van der Waals surface area (Å²) in [6, 6.07) is 0. The molecule has 170 valence electrons. The molecule has 6 nitrogen and oxygen atoms in total. The maximum absolute atomic E-state index is 12.8. The summed E-state index contributed by atoms with van der Waals surface area (Å²) in [5, 5.41) is 11.3. The highest BCUT2D eigenvalue weighted by Gasteiger charge is 2.42. The minimum atomic E-state index is -0.638. The van der Waals surface area contributed by atoms with Gasteiger partial charge in [0.15, 0.2) is 5.75 Å². The Labute approximate surface area is 184 Å². The van der Waals surface area contributed by atoms with Crippen LogP contribution in [0.5, 0.6) is 5.75 Å². The van der Waals surface area contributed by atoms with Gasteiger partial charge in [0.25, 0.3) is 0 Å². The van der Waals surface area contributed by atoms with Crippen LogP contribution in [0, 0.1) is 5.41 Å². The molecule has 1 heterocycles. The van der Waals surface area contributed by atoms with Crippen molar-refractivity contribution in [3.05, 3.63) is 52.0 Å². The summed E-state index contributed by atoms with van der Waals surface area (Å²) >= 11 is 0. The van der Waals surface area contributed by atoms with Crippen molar-refractivity contribution in [3.63, 3.8) is 0 Å². The van der Waals surface area contributed by atoms with Crippen LogP contribution in [-0.4, -0.2) is 35.0 Å². The second kappa shape index (κ2) is 10.8. The molecule has 0 saturated heterocycles. The molecule has 1 saturated carbocycles. The Balaban J connectivity index is 1.95. The number of esters is 1. The maximum atomic E-state index is 12.8. The Bertz CT molecular complexity index is 876. The number of hydrogen-bond acceptors (Lipinski definition) is 5. The van der Waals surface area contributed by atoms with Crippen molar-refractivity contribution in [1.29, 1.82) is 0 Å². The average Bonchev–Trinajstić information content (AvgIpc) is 3.25. The van der Waals surface area contributed by atoms with E-state index in [9.17, 15) is 14.7 Å². The zero-order chi connectivity index (χ0) is 22.3. The average molecular weight is 430 g/mol. The molecular formula is C25H35NO5. The highest BCUT2D eigenvalue weighted by Crippen LogP contribution is 2.45. The summed E-state index contributed by atoms with van der Waals surface area (Å²) in [4.78, 5) is 25.3. The van der Waals surface area contributed by atoms with Gasteiger partial charge in [-0.1, -0.05) is 44.4 Å². The molecule has 1 unspecified atom stereocenters. The van der Waals surface area contributed by atoms with Crippen molar-refractivity contribution in [2.24, 2.45) is 5.41 Å². The van der Waals surface area contributed by atoms with Gasteiger partial charge in [-0.2, -0.15) is 0 Å². The molecule has 31 heavy (non-hydrogen) atoms. The number of aliphatic hydroxyl groups is 1. The van der Waals surface area contributed by atoms with Crippen LogP contribution < -0.4 is 10.2 Å². The number of nitrogens with zero attached hydrogens (tertiary/aromatic N) is 1. The van der Waals surface area contributed by atoms with Crippen LogP contribution in [0.1, 0.15) is 75.6 Å². The fourth-order valence-electron chi connectivity index (χ4n) is 4.63. The van der Waals surface area contributed by atoms with E-state index in [4.69, 9.17) is 9.47 Å². The van der Waals surface area contributed by atoms with Crippen molar-refractivity contribution in [3.8, 4) is 5.75 Å². The van der Waals surface area contributed by atoms with Crippen molar-refractivity contribution < 1.29 is 19.4 Å². The van der Waals surface area contributed by atoms with E-state index in [2.05, 4.69) is 19.1 Å². The number of rotatable bonds is 10. The topological polar surface area (TPSA) is 77.8 Å². The van der Waals surface area contributed by atoms with E-state index in [1.807, 2.05) is 10.6 Å². The Morgan fingerprint density at radius 2 is 2.00 bits per heavy atom. The van der Waals surface area contributed by atoms with Gasteiger partial charge in [-0.3, -0.25) is 4.79 Å². The van der Waals surface area contributed by atoms with Gasteiger partial charge in [0.05, 0.1) is 25.5 Å². The maximum Gasteiger partial charge on any atom is 0.343 e. The van der Waals surface area contributed by atoms with Gasteiger partial charge >= 0.3 is 5.97 Å². The monoisotopic (exact) mass is 429 g/mol. The molecule has 1 aromatic heterocycles. The first-order valence-corrected chi connectivity index (χ1v) is 11.6. The van der Waals surface area contributed by atoms with Crippen LogP contribution in [0.4, 0.5) is 0 Å². The minimum absolute atomic E-state index is 0.0183. The molecule has 6 heteroatoms. The molecule has 1 N–H and O–H groups in total. The summed E-state index contributed by atoms with van der Waals surface area (Å²) < 4.78 is 12.7. The van der Waals surface area contributed by atoms with Crippen molar-refractivity contribution in [2.45, 2.75) is 77.9 Å². The van der Waals surface area contributed by atoms with Gasteiger partial charge in [0.1, 0.15) is 5.56 Å². The smallest absolute Gasteiger partial charge is 0.343 e. The number of unbranched alkanes of at least 4 members (excludes halogenated alkanes) is 1. The number of allylic oxidation sites excluding steroid dienone is 2. The first-order valence-electron chi connectivity index (χ1n) is 11.6. The van der Waals surface area contributed by atoms with Crippen LogP contribution >= 0.6 is 0 Å². The third kappa shape index (κ3) is 5.48. The molecular weight excluding hydrogens is 394 g/mol. The van der Waals surface area contributed by atoms with Crippen molar-refractivity contribution in [1.82, 2.24) is 4.57 Å². The van der Waals surface area contributed by atoms with Gasteiger partial charge in [-0.05, 0) is 44.6 Å². The number of carbonyl (C=O) groups is 1. The lowest BCUT2D eigenvalue weighted by Crippen LogP contribution is -2.38. The van der Waals surface area contributed by atoms with E-state index in [1.54, 1.807) is 19.3 Å². The van der Waals surface area contributed by atoms with Crippen LogP contribution in [0.3, 0.4) is 0 Å². The molecule has 0 radical (unpaired) electrons. The third-order valence-electron chi connectivity index (χ3n) is 6.31. The minimum Gasteiger partial charge on any atom is -0.488 e. The standard InChI is InChI=1S/C25H35NO5/c1-3-5-15-31-21-17-26(16-20(22(21)27)24(29)30-4-2)18-25(13-9-10-14-25)23(28)19-11-7-6-8-12-19/h7,11-12,16-17,23,28H,3-6,8-10,13-15,18H2,1-2H3. The molecule has 0 bridgehead atoms. The summed E-state index contributed by atoms with van der Waals surface area (Å²) in [5.74, 6) is -0.473. The lowest BCUT2D eigenvalue weighted by molar-refractivity contribution is 0.0434. The van der Waals surface area contributed by atoms with E-state index in [-0.39, 0.29) is 23.3 Å². The number of pyridine rings is 1. The summed E-state index contributed by atoms with van der Waals surface area (Å²) in [6.45, 7) is 4.89. The van der Waals surface area contributed by atoms with Crippen molar-refractivity contribution >= 4 is 5.97 Å². The quantitative estimate of drug-likeness (QED) is 0.441. The summed E-state index contributed by atoms with van der Waals surface area (Å²) in [5.41, 5.74) is 0.175. The van der Waals surface area contributed by atoms with E-state index < -0.39 is 17.5 Å². The predicted molar refractivity (Wildman–Crippen MR) is 120 cm³/mol. The summed E-state index contributed by atoms with van der Waals surface area (Å²) in [6.07, 6.45) is 16.5. The first-order chi connectivity index (χ1) is 15.0. The van der Waals surface area contributed by atoms with Gasteiger partial charge in [-0.15, -0.1) is 0 Å². The highest BCUT2D eigenvalue weighted by atomic mass is 16.5. The molecule has 3 rings (SSSR count). The van der Waals surface area contributed by atoms with Gasteiger partial charge in [0.2, 0.25) is 5.43 Å². The second-order valence-corrected chi connectivity index (χ2v) is 8.62. The van der Waals surface area contributed by atoms with Crippen LogP contribution in [0.2, 0.25) is 0 Å². The second-order valence-electron chi connectivity index (χ2n) is 8.62. The molecule has 1 atom stereocenters. The van der Waals surface area contributed by atoms with E-state index in [0.29, 0.717) is 13.2 Å². The zero-order valence-corrected chi connectivity index (χ0v) is 18.8. The van der Waals surface area contributed by atoms with E-state index in [0.717, 1.165) is 56.9 Å². The number of hydrogen-bond donors (Lipinski definition) is 1. The van der Waals surface area contributed by atoms with Gasteiger partial charge in [-0.25, -0.2) is 4.79 Å². The van der Waals surface area contributed by atoms with Gasteiger partial charge < -0.3 is 19.1 Å².